The Bertz CT molecular complexity index is 1090. The van der Waals surface area contributed by atoms with E-state index in [1.54, 1.807) is 42.7 Å². The van der Waals surface area contributed by atoms with Gasteiger partial charge in [-0.15, -0.1) is 5.10 Å². The summed E-state index contributed by atoms with van der Waals surface area (Å²) in [6.07, 6.45) is 5.00. The van der Waals surface area contributed by atoms with Gasteiger partial charge in [0.15, 0.2) is 5.82 Å². The zero-order valence-corrected chi connectivity index (χ0v) is 12.5. The quantitative estimate of drug-likeness (QED) is 0.565. The maximum absolute atomic E-state index is 12.9. The molecular weight excluding hydrogens is 315 g/mol. The van der Waals surface area contributed by atoms with Crippen molar-refractivity contribution in [3.05, 3.63) is 75.1 Å². The molecule has 0 aliphatic heterocycles. The molecular formula is C16H9FN4OS. The molecule has 0 radical (unpaired) electrons. The fourth-order valence-corrected chi connectivity index (χ4v) is 3.08. The summed E-state index contributed by atoms with van der Waals surface area (Å²) in [5.41, 5.74) is 1.32. The molecule has 7 heteroatoms. The second-order valence-electron chi connectivity index (χ2n) is 4.83. The van der Waals surface area contributed by atoms with Crippen molar-refractivity contribution in [3.8, 4) is 11.4 Å². The Morgan fingerprint density at radius 1 is 1.09 bits per heavy atom. The number of hydrogen-bond acceptors (Lipinski definition) is 5. The minimum atomic E-state index is -0.311. The van der Waals surface area contributed by atoms with E-state index in [0.717, 1.165) is 11.1 Å². The number of hydrogen-bond donors (Lipinski definition) is 0. The van der Waals surface area contributed by atoms with Crippen LogP contribution in [0.1, 0.15) is 5.56 Å². The lowest BCUT2D eigenvalue weighted by atomic mass is 10.2. The van der Waals surface area contributed by atoms with E-state index in [1.165, 1.54) is 28.0 Å². The van der Waals surface area contributed by atoms with Gasteiger partial charge in [0.25, 0.3) is 5.56 Å². The number of halogens is 1. The van der Waals surface area contributed by atoms with E-state index in [0.29, 0.717) is 15.3 Å². The molecule has 0 atom stereocenters. The van der Waals surface area contributed by atoms with Gasteiger partial charge in [-0.05, 0) is 35.9 Å². The van der Waals surface area contributed by atoms with E-state index >= 15 is 0 Å². The first-order chi connectivity index (χ1) is 11.2. The van der Waals surface area contributed by atoms with E-state index < -0.39 is 0 Å². The van der Waals surface area contributed by atoms with E-state index in [1.807, 2.05) is 0 Å². The van der Waals surface area contributed by atoms with Gasteiger partial charge in [-0.2, -0.15) is 9.50 Å². The molecule has 0 saturated carbocycles. The summed E-state index contributed by atoms with van der Waals surface area (Å²) >= 11 is 1.25. The molecule has 0 aliphatic rings. The van der Waals surface area contributed by atoms with Crippen molar-refractivity contribution < 1.29 is 4.39 Å². The predicted octanol–water partition coefficient (Wildman–Crippen LogP) is 1.90. The Hall–Kier alpha value is -2.93. The highest BCUT2D eigenvalue weighted by Crippen LogP contribution is 2.15. The van der Waals surface area contributed by atoms with Crippen LogP contribution < -0.4 is 10.1 Å². The van der Waals surface area contributed by atoms with Crippen LogP contribution in [0.3, 0.4) is 0 Å². The fraction of sp³-hybridized carbons (Fsp3) is 0. The smallest absolute Gasteiger partial charge is 0.266 e. The van der Waals surface area contributed by atoms with Gasteiger partial charge in [0.1, 0.15) is 5.82 Å². The van der Waals surface area contributed by atoms with E-state index in [4.69, 9.17) is 0 Å². The first kappa shape index (κ1) is 13.7. The minimum absolute atomic E-state index is 0.234. The van der Waals surface area contributed by atoms with Crippen LogP contribution in [0.4, 0.5) is 4.39 Å². The second-order valence-corrected chi connectivity index (χ2v) is 5.84. The minimum Gasteiger partial charge on any atom is -0.266 e. The van der Waals surface area contributed by atoms with Gasteiger partial charge in [0.2, 0.25) is 4.96 Å². The van der Waals surface area contributed by atoms with Gasteiger partial charge in [0.05, 0.1) is 4.53 Å². The van der Waals surface area contributed by atoms with Crippen LogP contribution in [0.5, 0.6) is 0 Å². The maximum atomic E-state index is 12.9. The van der Waals surface area contributed by atoms with Crippen molar-refractivity contribution in [2.45, 2.75) is 0 Å². The van der Waals surface area contributed by atoms with Crippen molar-refractivity contribution >= 4 is 22.4 Å². The normalized spacial score (nSPS) is 12.1. The van der Waals surface area contributed by atoms with E-state index in [9.17, 15) is 9.18 Å². The predicted molar refractivity (Wildman–Crippen MR) is 85.5 cm³/mol. The van der Waals surface area contributed by atoms with Crippen molar-refractivity contribution in [1.82, 2.24) is 19.6 Å². The number of benzene rings is 1. The average Bonchev–Trinajstić information content (AvgIpc) is 3.11. The summed E-state index contributed by atoms with van der Waals surface area (Å²) in [4.78, 5) is 21.2. The number of nitrogens with zero attached hydrogens (tertiary/aromatic N) is 4. The van der Waals surface area contributed by atoms with Crippen molar-refractivity contribution in [2.24, 2.45) is 0 Å². The van der Waals surface area contributed by atoms with Crippen molar-refractivity contribution in [1.29, 1.82) is 0 Å². The molecule has 4 aromatic rings. The molecule has 5 nitrogen and oxygen atoms in total. The average molecular weight is 324 g/mol. The van der Waals surface area contributed by atoms with Crippen molar-refractivity contribution in [3.63, 3.8) is 0 Å². The number of thiazole rings is 1. The number of rotatable bonds is 2. The zero-order valence-electron chi connectivity index (χ0n) is 11.7. The highest BCUT2D eigenvalue weighted by atomic mass is 32.1. The number of aromatic nitrogens is 4. The monoisotopic (exact) mass is 324 g/mol. The lowest BCUT2D eigenvalue weighted by Crippen LogP contribution is -2.23. The maximum Gasteiger partial charge on any atom is 0.291 e. The first-order valence-corrected chi connectivity index (χ1v) is 7.60. The molecule has 0 fully saturated rings. The molecule has 112 valence electrons. The molecule has 23 heavy (non-hydrogen) atoms. The molecule has 3 aromatic heterocycles. The van der Waals surface area contributed by atoms with Crippen LogP contribution >= 0.6 is 11.3 Å². The van der Waals surface area contributed by atoms with Gasteiger partial charge >= 0.3 is 0 Å². The fourth-order valence-electron chi connectivity index (χ4n) is 2.17. The van der Waals surface area contributed by atoms with Gasteiger partial charge < -0.3 is 0 Å². The van der Waals surface area contributed by atoms with Crippen LogP contribution in [-0.2, 0) is 0 Å². The van der Waals surface area contributed by atoms with Crippen LogP contribution in [0.2, 0.25) is 0 Å². The Labute approximate surface area is 133 Å². The lowest BCUT2D eigenvalue weighted by Gasteiger charge is -1.91. The van der Waals surface area contributed by atoms with Crippen LogP contribution in [-0.4, -0.2) is 19.6 Å². The molecule has 0 bridgehead atoms. The lowest BCUT2D eigenvalue weighted by molar-refractivity contribution is 0.628. The molecule has 0 amide bonds. The second kappa shape index (κ2) is 5.36. The summed E-state index contributed by atoms with van der Waals surface area (Å²) in [7, 11) is 0. The highest BCUT2D eigenvalue weighted by molar-refractivity contribution is 7.15. The topological polar surface area (TPSA) is 60.2 Å². The van der Waals surface area contributed by atoms with Crippen LogP contribution in [0, 0.1) is 5.82 Å². The summed E-state index contributed by atoms with van der Waals surface area (Å²) in [5, 5.41) is 4.25. The summed E-state index contributed by atoms with van der Waals surface area (Å²) in [6, 6.07) is 9.52. The molecule has 0 saturated heterocycles. The Morgan fingerprint density at radius 3 is 2.52 bits per heavy atom. The van der Waals surface area contributed by atoms with Gasteiger partial charge in [0, 0.05) is 18.0 Å². The largest absolute Gasteiger partial charge is 0.291 e. The molecule has 1 aromatic carbocycles. The SMILES string of the molecule is O=c1c(=Cc2ccc(F)cc2)sc2nc(-c3ccncc3)nn12. The van der Waals surface area contributed by atoms with E-state index in [-0.39, 0.29) is 11.4 Å². The first-order valence-electron chi connectivity index (χ1n) is 6.78. The van der Waals surface area contributed by atoms with Crippen LogP contribution in [0.15, 0.2) is 53.6 Å². The standard InChI is InChI=1S/C16H9FN4OS/c17-12-3-1-10(2-4-12)9-13-15(22)21-16(23-13)19-14(20-21)11-5-7-18-8-6-11/h1-9H. The third kappa shape index (κ3) is 2.51. The molecule has 0 spiro atoms. The van der Waals surface area contributed by atoms with Gasteiger partial charge in [-0.3, -0.25) is 9.78 Å². The Morgan fingerprint density at radius 2 is 1.83 bits per heavy atom. The molecule has 0 unspecified atom stereocenters. The van der Waals surface area contributed by atoms with Crippen molar-refractivity contribution in [2.75, 3.05) is 0 Å². The number of fused-ring (bicyclic) bond motifs is 1. The summed E-state index contributed by atoms with van der Waals surface area (Å²) < 4.78 is 14.7. The van der Waals surface area contributed by atoms with Gasteiger partial charge in [-0.1, -0.05) is 23.5 Å². The van der Waals surface area contributed by atoms with Crippen LogP contribution in [0.25, 0.3) is 22.4 Å². The third-order valence-corrected chi connectivity index (χ3v) is 4.25. The molecule has 4 rings (SSSR count). The molecule has 3 heterocycles. The number of pyridine rings is 1. The zero-order chi connectivity index (χ0) is 15.8. The Balaban J connectivity index is 1.82. The third-order valence-electron chi connectivity index (χ3n) is 3.29. The highest BCUT2D eigenvalue weighted by Gasteiger charge is 2.11. The Kier molecular flexibility index (Phi) is 3.20. The molecule has 0 N–H and O–H groups in total. The molecule has 0 aliphatic carbocycles. The summed E-state index contributed by atoms with van der Waals surface area (Å²) in [5.74, 6) is 0.179. The van der Waals surface area contributed by atoms with Gasteiger partial charge in [-0.25, -0.2) is 4.39 Å². The summed E-state index contributed by atoms with van der Waals surface area (Å²) in [6.45, 7) is 0. The van der Waals surface area contributed by atoms with E-state index in [2.05, 4.69) is 15.1 Å².